The topological polar surface area (TPSA) is 78.4 Å². The Balaban J connectivity index is 1.97. The second-order valence-electron chi connectivity index (χ2n) is 6.40. The molecule has 0 aliphatic carbocycles. The first kappa shape index (κ1) is 19.1. The Morgan fingerprint density at radius 1 is 1.08 bits per heavy atom. The monoisotopic (exact) mass is 404 g/mol. The van der Waals surface area contributed by atoms with Crippen molar-refractivity contribution in [2.45, 2.75) is 25.8 Å². The summed E-state index contributed by atoms with van der Waals surface area (Å²) in [4.78, 5) is 24.2. The van der Waals surface area contributed by atoms with Gasteiger partial charge in [-0.3, -0.25) is 9.59 Å². The lowest BCUT2D eigenvalue weighted by atomic mass is 10.1. The van der Waals surface area contributed by atoms with Crippen LogP contribution in [-0.4, -0.2) is 29.1 Å². The van der Waals surface area contributed by atoms with Gasteiger partial charge in [-0.25, -0.2) is 0 Å². The summed E-state index contributed by atoms with van der Waals surface area (Å²) in [6.07, 6.45) is 0.210. The normalized spacial score (nSPS) is 11.0. The highest BCUT2D eigenvalue weighted by Gasteiger charge is 2.19. The molecule has 3 N–H and O–H groups in total. The van der Waals surface area contributed by atoms with E-state index in [9.17, 15) is 14.7 Å². The lowest BCUT2D eigenvalue weighted by Crippen LogP contribution is -2.46. The summed E-state index contributed by atoms with van der Waals surface area (Å²) in [6, 6.07) is 14.3. The molecule has 2 aromatic carbocycles. The third kappa shape index (κ3) is 5.69. The van der Waals surface area contributed by atoms with E-state index < -0.39 is 5.54 Å². The molecule has 0 radical (unpaired) electrons. The Hall–Kier alpha value is -2.18. The molecule has 0 aliphatic rings. The first-order valence-corrected chi connectivity index (χ1v) is 8.67. The summed E-state index contributed by atoms with van der Waals surface area (Å²) in [7, 11) is 0. The van der Waals surface area contributed by atoms with Crippen LogP contribution in [0.3, 0.4) is 0 Å². The van der Waals surface area contributed by atoms with Crippen LogP contribution in [0.2, 0.25) is 0 Å². The van der Waals surface area contributed by atoms with Crippen LogP contribution >= 0.6 is 15.9 Å². The van der Waals surface area contributed by atoms with Crippen molar-refractivity contribution in [3.05, 3.63) is 64.1 Å². The van der Waals surface area contributed by atoms with Crippen molar-refractivity contribution in [3.8, 4) is 0 Å². The molecular weight excluding hydrogens is 384 g/mol. The zero-order valence-electron chi connectivity index (χ0n) is 14.2. The van der Waals surface area contributed by atoms with Gasteiger partial charge in [-0.1, -0.05) is 24.3 Å². The van der Waals surface area contributed by atoms with E-state index in [0.29, 0.717) is 11.3 Å². The SMILES string of the molecule is CC(C)(CO)NC(=O)Cc1ccc(NC(=O)c2ccccc2Br)cc1. The van der Waals surface area contributed by atoms with Crippen LogP contribution < -0.4 is 10.6 Å². The number of carbonyl (C=O) groups excluding carboxylic acids is 2. The zero-order valence-corrected chi connectivity index (χ0v) is 15.8. The number of carbonyl (C=O) groups is 2. The summed E-state index contributed by atoms with van der Waals surface area (Å²) < 4.78 is 0.729. The highest BCUT2D eigenvalue weighted by molar-refractivity contribution is 9.10. The van der Waals surface area contributed by atoms with Crippen LogP contribution in [0, 0.1) is 0 Å². The second kappa shape index (κ2) is 8.27. The molecule has 0 heterocycles. The fourth-order valence-electron chi connectivity index (χ4n) is 2.20. The van der Waals surface area contributed by atoms with Gasteiger partial charge in [0.25, 0.3) is 5.91 Å². The van der Waals surface area contributed by atoms with Crippen molar-refractivity contribution in [2.75, 3.05) is 11.9 Å². The predicted molar refractivity (Wildman–Crippen MR) is 102 cm³/mol. The van der Waals surface area contributed by atoms with E-state index in [4.69, 9.17) is 0 Å². The minimum absolute atomic E-state index is 0.126. The zero-order chi connectivity index (χ0) is 18.4. The van der Waals surface area contributed by atoms with Crippen molar-refractivity contribution in [1.29, 1.82) is 0 Å². The van der Waals surface area contributed by atoms with Gasteiger partial charge >= 0.3 is 0 Å². The Kier molecular flexibility index (Phi) is 6.33. The van der Waals surface area contributed by atoms with Crippen molar-refractivity contribution in [1.82, 2.24) is 5.32 Å². The molecule has 5 nitrogen and oxygen atoms in total. The first-order valence-electron chi connectivity index (χ1n) is 7.87. The van der Waals surface area contributed by atoms with Crippen LogP contribution in [0.4, 0.5) is 5.69 Å². The van der Waals surface area contributed by atoms with E-state index in [2.05, 4.69) is 26.6 Å². The molecule has 2 rings (SSSR count). The van der Waals surface area contributed by atoms with E-state index in [0.717, 1.165) is 10.0 Å². The maximum Gasteiger partial charge on any atom is 0.256 e. The molecule has 0 aromatic heterocycles. The van der Waals surface area contributed by atoms with Crippen LogP contribution in [0.5, 0.6) is 0 Å². The van der Waals surface area contributed by atoms with E-state index in [1.165, 1.54) is 0 Å². The molecule has 0 spiro atoms. The second-order valence-corrected chi connectivity index (χ2v) is 7.25. The molecule has 0 atom stereocenters. The summed E-state index contributed by atoms with van der Waals surface area (Å²) >= 11 is 3.36. The van der Waals surface area contributed by atoms with E-state index in [1.807, 2.05) is 12.1 Å². The largest absolute Gasteiger partial charge is 0.394 e. The number of benzene rings is 2. The maximum absolute atomic E-state index is 12.3. The van der Waals surface area contributed by atoms with Crippen molar-refractivity contribution in [3.63, 3.8) is 0 Å². The third-order valence-corrected chi connectivity index (χ3v) is 4.26. The smallest absolute Gasteiger partial charge is 0.256 e. The summed E-state index contributed by atoms with van der Waals surface area (Å²) in [5.74, 6) is -0.369. The van der Waals surface area contributed by atoms with Gasteiger partial charge in [0, 0.05) is 10.2 Å². The van der Waals surface area contributed by atoms with Crippen LogP contribution in [0.25, 0.3) is 0 Å². The van der Waals surface area contributed by atoms with Gasteiger partial charge in [0.05, 0.1) is 24.1 Å². The van der Waals surface area contributed by atoms with Crippen molar-refractivity contribution < 1.29 is 14.7 Å². The fourth-order valence-corrected chi connectivity index (χ4v) is 2.66. The summed E-state index contributed by atoms with van der Waals surface area (Å²) in [6.45, 7) is 3.38. The van der Waals surface area contributed by atoms with E-state index >= 15 is 0 Å². The Morgan fingerprint density at radius 2 is 1.72 bits per heavy atom. The molecule has 132 valence electrons. The number of aliphatic hydroxyl groups is 1. The third-order valence-electron chi connectivity index (χ3n) is 3.57. The maximum atomic E-state index is 12.3. The number of hydrogen-bond acceptors (Lipinski definition) is 3. The Morgan fingerprint density at radius 3 is 2.32 bits per heavy atom. The average Bonchev–Trinajstić information content (AvgIpc) is 2.56. The number of amides is 2. The molecular formula is C19H21BrN2O3. The number of aliphatic hydroxyl groups excluding tert-OH is 1. The highest BCUT2D eigenvalue weighted by Crippen LogP contribution is 2.18. The molecule has 0 fully saturated rings. The van der Waals surface area contributed by atoms with Gasteiger partial charge in [-0.2, -0.15) is 0 Å². The van der Waals surface area contributed by atoms with E-state index in [-0.39, 0.29) is 24.8 Å². The van der Waals surface area contributed by atoms with Crippen molar-refractivity contribution >= 4 is 33.4 Å². The molecule has 6 heteroatoms. The highest BCUT2D eigenvalue weighted by atomic mass is 79.9. The number of anilines is 1. The summed E-state index contributed by atoms with van der Waals surface area (Å²) in [5.41, 5.74) is 1.39. The molecule has 2 aromatic rings. The van der Waals surface area contributed by atoms with Gasteiger partial charge in [0.1, 0.15) is 0 Å². The van der Waals surface area contributed by atoms with Gasteiger partial charge in [-0.15, -0.1) is 0 Å². The Labute approximate surface area is 155 Å². The number of halogens is 1. The molecule has 0 saturated heterocycles. The fraction of sp³-hybridized carbons (Fsp3) is 0.263. The molecule has 0 unspecified atom stereocenters. The first-order chi connectivity index (χ1) is 11.8. The molecule has 0 saturated carbocycles. The Bertz CT molecular complexity index is 758. The standard InChI is InChI=1S/C19H21BrN2O3/c1-19(2,12-23)22-17(24)11-13-7-9-14(10-8-13)21-18(25)15-5-3-4-6-16(15)20/h3-10,23H,11-12H2,1-2H3,(H,21,25)(H,22,24). The number of hydrogen-bond donors (Lipinski definition) is 3. The minimum atomic E-state index is -0.645. The van der Waals surface area contributed by atoms with Gasteiger partial charge in [0.15, 0.2) is 0 Å². The average molecular weight is 405 g/mol. The van der Waals surface area contributed by atoms with Gasteiger partial charge in [-0.05, 0) is 59.6 Å². The quantitative estimate of drug-likeness (QED) is 0.691. The van der Waals surface area contributed by atoms with Gasteiger partial charge in [0.2, 0.25) is 5.91 Å². The molecule has 0 aliphatic heterocycles. The molecule has 25 heavy (non-hydrogen) atoms. The number of rotatable bonds is 6. The minimum Gasteiger partial charge on any atom is -0.394 e. The van der Waals surface area contributed by atoms with Gasteiger partial charge < -0.3 is 15.7 Å². The van der Waals surface area contributed by atoms with Crippen LogP contribution in [0.1, 0.15) is 29.8 Å². The van der Waals surface area contributed by atoms with Crippen molar-refractivity contribution in [2.24, 2.45) is 0 Å². The lowest BCUT2D eigenvalue weighted by Gasteiger charge is -2.23. The summed E-state index contributed by atoms with van der Waals surface area (Å²) in [5, 5.41) is 14.8. The molecule has 0 bridgehead atoms. The van der Waals surface area contributed by atoms with Crippen LogP contribution in [-0.2, 0) is 11.2 Å². The predicted octanol–water partition coefficient (Wildman–Crippen LogP) is 3.13. The van der Waals surface area contributed by atoms with E-state index in [1.54, 1.807) is 50.2 Å². The van der Waals surface area contributed by atoms with Crippen LogP contribution in [0.15, 0.2) is 53.0 Å². The number of nitrogens with one attached hydrogen (secondary N) is 2. The molecule has 2 amide bonds. The lowest BCUT2D eigenvalue weighted by molar-refractivity contribution is -0.122.